The number of nitrogens with zero attached hydrogens (tertiary/aromatic N) is 4. The lowest BCUT2D eigenvalue weighted by Crippen LogP contribution is -2.55. The van der Waals surface area contributed by atoms with Gasteiger partial charge in [-0.3, -0.25) is 14.2 Å². The number of hydrogen-bond acceptors (Lipinski definition) is 10. The summed E-state index contributed by atoms with van der Waals surface area (Å²) < 4.78 is 12.2. The Hall–Kier alpha value is -3.61. The number of nitrogens with one attached hydrogen (secondary N) is 3. The zero-order valence-electron chi connectivity index (χ0n) is 20.0. The molecule has 5 rings (SSSR count). The van der Waals surface area contributed by atoms with E-state index in [-0.39, 0.29) is 18.1 Å². The predicted octanol–water partition coefficient (Wildman–Crippen LogP) is 0.0465. The quantitative estimate of drug-likeness (QED) is 0.337. The first-order valence-electron chi connectivity index (χ1n) is 11.9. The molecular weight excluding hydrogens is 466 g/mol. The number of piperidine rings is 1. The highest BCUT2D eigenvalue weighted by atomic mass is 16.5. The molecule has 0 spiro atoms. The number of aliphatic hydroxyl groups is 1. The molecule has 12 nitrogen and oxygen atoms in total. The van der Waals surface area contributed by atoms with Crippen molar-refractivity contribution in [1.82, 2.24) is 30.2 Å². The largest absolute Gasteiger partial charge is 0.481 e. The van der Waals surface area contributed by atoms with E-state index in [1.54, 1.807) is 22.8 Å². The standard InChI is InChI=1S/C24H29N7O5/c1-35-20-5-3-16-23(30-20)31(21(34)11-27-16)9-7-24(13-25-8-6-18(24)32)14-26-10-15-2-4-17-22(28-15)29-19(33)12-36-17/h2-5,11,18,25-26,32H,6-10,12-14H2,1H3,(H,28,29,33)/t18-,24+/m1/s1. The number of carbonyl (C=O) groups excluding carboxylic acids is 1. The first-order chi connectivity index (χ1) is 17.5. The smallest absolute Gasteiger partial charge is 0.270 e. The number of ether oxygens (including phenoxy) is 2. The van der Waals surface area contributed by atoms with Gasteiger partial charge in [0, 0.05) is 37.7 Å². The van der Waals surface area contributed by atoms with Crippen molar-refractivity contribution in [2.75, 3.05) is 38.7 Å². The Morgan fingerprint density at radius 1 is 1.28 bits per heavy atom. The summed E-state index contributed by atoms with van der Waals surface area (Å²) in [6.45, 7) is 2.60. The van der Waals surface area contributed by atoms with Crippen LogP contribution in [0.1, 0.15) is 18.5 Å². The van der Waals surface area contributed by atoms with E-state index in [1.165, 1.54) is 13.3 Å². The first kappa shape index (κ1) is 24.1. The van der Waals surface area contributed by atoms with Gasteiger partial charge in [0.15, 0.2) is 23.8 Å². The highest BCUT2D eigenvalue weighted by Crippen LogP contribution is 2.31. The van der Waals surface area contributed by atoms with Gasteiger partial charge in [0.05, 0.1) is 25.1 Å². The third-order valence-electron chi connectivity index (χ3n) is 6.80. The van der Waals surface area contributed by atoms with Crippen LogP contribution in [0.2, 0.25) is 0 Å². The van der Waals surface area contributed by atoms with E-state index in [4.69, 9.17) is 9.47 Å². The van der Waals surface area contributed by atoms with E-state index in [9.17, 15) is 14.7 Å². The topological polar surface area (TPSA) is 153 Å². The molecule has 1 amide bonds. The predicted molar refractivity (Wildman–Crippen MR) is 131 cm³/mol. The Labute approximate surface area is 207 Å². The molecule has 2 aliphatic heterocycles. The number of aryl methyl sites for hydroxylation is 1. The van der Waals surface area contributed by atoms with Crippen molar-refractivity contribution in [3.8, 4) is 11.6 Å². The number of carbonyl (C=O) groups is 1. The Bertz CT molecular complexity index is 1330. The number of amides is 1. The van der Waals surface area contributed by atoms with Crippen molar-refractivity contribution in [3.63, 3.8) is 0 Å². The summed E-state index contributed by atoms with van der Waals surface area (Å²) in [7, 11) is 1.52. The summed E-state index contributed by atoms with van der Waals surface area (Å²) in [4.78, 5) is 37.4. The van der Waals surface area contributed by atoms with E-state index < -0.39 is 11.5 Å². The van der Waals surface area contributed by atoms with Crippen molar-refractivity contribution in [1.29, 1.82) is 0 Å². The van der Waals surface area contributed by atoms with Crippen molar-refractivity contribution in [3.05, 3.63) is 46.5 Å². The van der Waals surface area contributed by atoms with Crippen LogP contribution in [0.4, 0.5) is 5.82 Å². The Morgan fingerprint density at radius 2 is 2.17 bits per heavy atom. The number of rotatable bonds is 8. The Kier molecular flexibility index (Phi) is 6.81. The molecule has 36 heavy (non-hydrogen) atoms. The average molecular weight is 496 g/mol. The van der Waals surface area contributed by atoms with E-state index in [2.05, 4.69) is 30.9 Å². The highest BCUT2D eigenvalue weighted by Gasteiger charge is 2.39. The molecule has 3 aromatic rings. The average Bonchev–Trinajstić information content (AvgIpc) is 2.89. The third-order valence-corrected chi connectivity index (χ3v) is 6.80. The zero-order valence-corrected chi connectivity index (χ0v) is 20.0. The second-order valence-corrected chi connectivity index (χ2v) is 9.13. The van der Waals surface area contributed by atoms with Crippen LogP contribution in [0.15, 0.2) is 35.3 Å². The number of fused-ring (bicyclic) bond motifs is 2. The van der Waals surface area contributed by atoms with Gasteiger partial charge in [0.25, 0.3) is 11.5 Å². The molecule has 1 saturated heterocycles. The second-order valence-electron chi connectivity index (χ2n) is 9.13. The van der Waals surface area contributed by atoms with E-state index in [0.717, 1.165) is 12.2 Å². The van der Waals surface area contributed by atoms with Crippen molar-refractivity contribution in [2.24, 2.45) is 5.41 Å². The van der Waals surface area contributed by atoms with Gasteiger partial charge in [0.2, 0.25) is 5.88 Å². The highest BCUT2D eigenvalue weighted by molar-refractivity contribution is 5.94. The van der Waals surface area contributed by atoms with Gasteiger partial charge in [-0.1, -0.05) is 0 Å². The molecule has 1 fully saturated rings. The van der Waals surface area contributed by atoms with Crippen LogP contribution in [0.3, 0.4) is 0 Å². The molecule has 0 unspecified atom stereocenters. The monoisotopic (exact) mass is 495 g/mol. The van der Waals surface area contributed by atoms with Gasteiger partial charge in [-0.25, -0.2) is 9.97 Å². The summed E-state index contributed by atoms with van der Waals surface area (Å²) in [5, 5.41) is 20.6. The van der Waals surface area contributed by atoms with Crippen LogP contribution in [0.25, 0.3) is 11.2 Å². The number of hydrogen-bond donors (Lipinski definition) is 4. The maximum atomic E-state index is 12.7. The van der Waals surface area contributed by atoms with Gasteiger partial charge < -0.3 is 30.5 Å². The minimum absolute atomic E-state index is 0.0160. The molecule has 0 saturated carbocycles. The van der Waals surface area contributed by atoms with Gasteiger partial charge in [-0.2, -0.15) is 4.98 Å². The van der Waals surface area contributed by atoms with Crippen molar-refractivity contribution in [2.45, 2.75) is 32.0 Å². The number of pyridine rings is 2. The minimum Gasteiger partial charge on any atom is -0.481 e. The molecule has 0 aromatic carbocycles. The molecule has 2 atom stereocenters. The van der Waals surface area contributed by atoms with Crippen molar-refractivity contribution >= 4 is 22.9 Å². The molecular formula is C24H29N7O5. The fourth-order valence-corrected chi connectivity index (χ4v) is 4.75. The SMILES string of the molecule is COc1ccc2ncc(=O)n(CC[C@@]3(CNCc4ccc5c(n4)NC(=O)CO5)CNCC[C@H]3O)c2n1. The summed E-state index contributed by atoms with van der Waals surface area (Å²) in [5.74, 6) is 1.12. The second kappa shape index (κ2) is 10.2. The number of aliphatic hydroxyl groups excluding tert-OH is 1. The summed E-state index contributed by atoms with van der Waals surface area (Å²) in [6.07, 6.45) is 1.89. The lowest BCUT2D eigenvalue weighted by atomic mass is 9.75. The van der Waals surface area contributed by atoms with Gasteiger partial charge in [-0.15, -0.1) is 0 Å². The van der Waals surface area contributed by atoms with Crippen LogP contribution >= 0.6 is 0 Å². The Balaban J connectivity index is 1.32. The number of aromatic nitrogens is 4. The molecule has 0 bridgehead atoms. The number of anilines is 1. The third kappa shape index (κ3) is 4.87. The maximum Gasteiger partial charge on any atom is 0.270 e. The van der Waals surface area contributed by atoms with Gasteiger partial charge in [-0.05, 0) is 37.6 Å². The molecule has 4 N–H and O–H groups in total. The van der Waals surface area contributed by atoms with E-state index >= 15 is 0 Å². The first-order valence-corrected chi connectivity index (χ1v) is 11.9. The summed E-state index contributed by atoms with van der Waals surface area (Å²) >= 11 is 0. The molecule has 190 valence electrons. The van der Waals surface area contributed by atoms with Crippen molar-refractivity contribution < 1.29 is 19.4 Å². The number of methoxy groups -OCH3 is 1. The Morgan fingerprint density at radius 3 is 3.00 bits per heavy atom. The molecule has 0 aliphatic carbocycles. The van der Waals surface area contributed by atoms with Crippen LogP contribution in [0.5, 0.6) is 11.6 Å². The zero-order chi connectivity index (χ0) is 25.1. The normalized spacial score (nSPS) is 21.5. The molecule has 12 heteroatoms. The molecule has 5 heterocycles. The lowest BCUT2D eigenvalue weighted by Gasteiger charge is -2.42. The van der Waals surface area contributed by atoms with Crippen LogP contribution in [0, 0.1) is 5.41 Å². The van der Waals surface area contributed by atoms with Crippen LogP contribution in [-0.2, 0) is 17.9 Å². The lowest BCUT2D eigenvalue weighted by molar-refractivity contribution is -0.118. The molecule has 2 aliphatic rings. The summed E-state index contributed by atoms with van der Waals surface area (Å²) in [6, 6.07) is 7.10. The molecule has 0 radical (unpaired) electrons. The van der Waals surface area contributed by atoms with Crippen LogP contribution in [-0.4, -0.2) is 70.0 Å². The molecule has 3 aromatic heterocycles. The maximum absolute atomic E-state index is 12.7. The minimum atomic E-state index is -0.554. The van der Waals surface area contributed by atoms with Gasteiger partial charge in [0.1, 0.15) is 5.52 Å². The fraction of sp³-hybridized carbons (Fsp3) is 0.458. The van der Waals surface area contributed by atoms with Crippen LogP contribution < -0.4 is 31.0 Å². The summed E-state index contributed by atoms with van der Waals surface area (Å²) in [5.41, 5.74) is 1.01. The fourth-order valence-electron chi connectivity index (χ4n) is 4.75. The van der Waals surface area contributed by atoms with E-state index in [1.807, 2.05) is 6.07 Å². The van der Waals surface area contributed by atoms with Gasteiger partial charge >= 0.3 is 0 Å². The van der Waals surface area contributed by atoms with E-state index in [0.29, 0.717) is 67.6 Å².